The summed E-state index contributed by atoms with van der Waals surface area (Å²) in [4.78, 5) is 22.6. The highest BCUT2D eigenvalue weighted by atomic mass is 32.2. The fourth-order valence-corrected chi connectivity index (χ4v) is 1.96. The van der Waals surface area contributed by atoms with Crippen LogP contribution in [-0.2, 0) is 24.2 Å². The van der Waals surface area contributed by atoms with Gasteiger partial charge < -0.3 is 15.2 Å². The van der Waals surface area contributed by atoms with E-state index in [2.05, 4.69) is 5.32 Å². The molecule has 2 N–H and O–H groups in total. The molecule has 0 bridgehead atoms. The number of carboxylic acid groups (broad SMARTS) is 1. The summed E-state index contributed by atoms with van der Waals surface area (Å²) >= 11 is 0. The van der Waals surface area contributed by atoms with Crippen LogP contribution in [0.15, 0.2) is 0 Å². The molecule has 19 heavy (non-hydrogen) atoms. The van der Waals surface area contributed by atoms with E-state index in [9.17, 15) is 18.0 Å². The molecule has 1 unspecified atom stereocenters. The van der Waals surface area contributed by atoms with Crippen LogP contribution in [0.3, 0.4) is 0 Å². The standard InChI is InChI=1S/C11H21NO6S/c1-11(2,18-3)7-9(13)12-8(10(14)15)5-6-19(4,16)17/h8H,5-7H2,1-4H3,(H,12,13)(H,14,15). The molecule has 112 valence electrons. The number of hydrogen-bond donors (Lipinski definition) is 2. The first kappa shape index (κ1) is 17.8. The largest absolute Gasteiger partial charge is 0.480 e. The van der Waals surface area contributed by atoms with Crippen LogP contribution in [0.2, 0.25) is 0 Å². The van der Waals surface area contributed by atoms with Gasteiger partial charge in [0.15, 0.2) is 0 Å². The van der Waals surface area contributed by atoms with Gasteiger partial charge in [-0.1, -0.05) is 0 Å². The van der Waals surface area contributed by atoms with Crippen molar-refractivity contribution in [3.05, 3.63) is 0 Å². The number of rotatable bonds is 8. The molecule has 7 nitrogen and oxygen atoms in total. The van der Waals surface area contributed by atoms with Crippen molar-refractivity contribution in [3.63, 3.8) is 0 Å². The van der Waals surface area contributed by atoms with E-state index in [1.807, 2.05) is 0 Å². The van der Waals surface area contributed by atoms with Gasteiger partial charge in [-0.05, 0) is 20.3 Å². The Balaban J connectivity index is 4.52. The summed E-state index contributed by atoms with van der Waals surface area (Å²) in [6.45, 7) is 3.39. The molecule has 0 heterocycles. The summed E-state index contributed by atoms with van der Waals surface area (Å²) in [6, 6.07) is -1.21. The topological polar surface area (TPSA) is 110 Å². The Hall–Kier alpha value is -1.15. The molecule has 0 rings (SSSR count). The molecule has 1 amide bonds. The van der Waals surface area contributed by atoms with Gasteiger partial charge in [-0.2, -0.15) is 0 Å². The van der Waals surface area contributed by atoms with Crippen molar-refractivity contribution in [1.29, 1.82) is 0 Å². The number of amides is 1. The Kier molecular flexibility index (Phi) is 6.44. The maximum absolute atomic E-state index is 11.7. The van der Waals surface area contributed by atoms with Crippen molar-refractivity contribution in [2.24, 2.45) is 0 Å². The highest BCUT2D eigenvalue weighted by Crippen LogP contribution is 2.12. The monoisotopic (exact) mass is 295 g/mol. The summed E-state index contributed by atoms with van der Waals surface area (Å²) in [5.41, 5.74) is -0.704. The molecule has 0 spiro atoms. The summed E-state index contributed by atoms with van der Waals surface area (Å²) in [5, 5.41) is 11.2. The van der Waals surface area contributed by atoms with Gasteiger partial charge in [-0.25, -0.2) is 13.2 Å². The summed E-state index contributed by atoms with van der Waals surface area (Å²) in [7, 11) is -1.82. The number of sulfone groups is 1. The van der Waals surface area contributed by atoms with Gasteiger partial charge in [-0.3, -0.25) is 4.79 Å². The quantitative estimate of drug-likeness (QED) is 0.642. The SMILES string of the molecule is COC(C)(C)CC(=O)NC(CCS(C)(=O)=O)C(=O)O. The molecule has 0 saturated carbocycles. The second-order valence-corrected chi connectivity index (χ2v) is 7.28. The maximum atomic E-state index is 11.7. The number of carboxylic acids is 1. The van der Waals surface area contributed by atoms with Crippen molar-refractivity contribution in [2.75, 3.05) is 19.1 Å². The molecule has 8 heteroatoms. The minimum absolute atomic E-state index is 0.00778. The average Bonchev–Trinajstić information content (AvgIpc) is 2.21. The number of nitrogens with one attached hydrogen (secondary N) is 1. The third-order valence-corrected chi connectivity index (χ3v) is 3.53. The molecular formula is C11H21NO6S. The van der Waals surface area contributed by atoms with Gasteiger partial charge in [0, 0.05) is 13.4 Å². The molecule has 0 aliphatic carbocycles. The van der Waals surface area contributed by atoms with E-state index in [0.29, 0.717) is 0 Å². The minimum atomic E-state index is -3.27. The van der Waals surface area contributed by atoms with Crippen molar-refractivity contribution >= 4 is 21.7 Å². The molecule has 0 radical (unpaired) electrons. The Morgan fingerprint density at radius 3 is 2.26 bits per heavy atom. The summed E-state index contributed by atoms with van der Waals surface area (Å²) in [6.07, 6.45) is 0.848. The highest BCUT2D eigenvalue weighted by molar-refractivity contribution is 7.90. The number of aliphatic carboxylic acids is 1. The average molecular weight is 295 g/mol. The first-order valence-corrected chi connectivity index (χ1v) is 7.78. The zero-order valence-corrected chi connectivity index (χ0v) is 12.4. The van der Waals surface area contributed by atoms with Crippen LogP contribution in [0, 0.1) is 0 Å². The molecular weight excluding hydrogens is 274 g/mol. The first-order valence-electron chi connectivity index (χ1n) is 5.72. The van der Waals surface area contributed by atoms with E-state index in [4.69, 9.17) is 9.84 Å². The number of carbonyl (C=O) groups excluding carboxylic acids is 1. The normalized spacial score (nSPS) is 13.9. The Bertz CT molecular complexity index is 428. The maximum Gasteiger partial charge on any atom is 0.326 e. The Morgan fingerprint density at radius 1 is 1.37 bits per heavy atom. The number of ether oxygens (including phenoxy) is 1. The number of hydrogen-bond acceptors (Lipinski definition) is 5. The van der Waals surface area contributed by atoms with Crippen LogP contribution in [-0.4, -0.2) is 56.2 Å². The molecule has 0 fully saturated rings. The van der Waals surface area contributed by atoms with Crippen molar-refractivity contribution in [1.82, 2.24) is 5.32 Å². The number of carbonyl (C=O) groups is 2. The minimum Gasteiger partial charge on any atom is -0.480 e. The predicted molar refractivity (Wildman–Crippen MR) is 69.6 cm³/mol. The van der Waals surface area contributed by atoms with Crippen LogP contribution in [0.25, 0.3) is 0 Å². The van der Waals surface area contributed by atoms with Gasteiger partial charge in [0.25, 0.3) is 0 Å². The van der Waals surface area contributed by atoms with Crippen molar-refractivity contribution < 1.29 is 27.9 Å². The number of methoxy groups -OCH3 is 1. The first-order chi connectivity index (χ1) is 8.47. The van der Waals surface area contributed by atoms with Crippen LogP contribution in [0.4, 0.5) is 0 Å². The molecule has 0 aromatic rings. The van der Waals surface area contributed by atoms with Gasteiger partial charge in [-0.15, -0.1) is 0 Å². The van der Waals surface area contributed by atoms with Crippen molar-refractivity contribution in [3.8, 4) is 0 Å². The zero-order valence-electron chi connectivity index (χ0n) is 11.6. The van der Waals surface area contributed by atoms with E-state index < -0.39 is 33.4 Å². The lowest BCUT2D eigenvalue weighted by atomic mass is 10.0. The third kappa shape index (κ3) is 8.55. The smallest absolute Gasteiger partial charge is 0.326 e. The molecule has 0 aliphatic rings. The van der Waals surface area contributed by atoms with Gasteiger partial charge in [0.05, 0.1) is 17.8 Å². The van der Waals surface area contributed by atoms with E-state index in [1.165, 1.54) is 7.11 Å². The zero-order chi connectivity index (χ0) is 15.3. The van der Waals surface area contributed by atoms with Crippen molar-refractivity contribution in [2.45, 2.75) is 38.3 Å². The second-order valence-electron chi connectivity index (χ2n) is 5.02. The Morgan fingerprint density at radius 2 is 1.89 bits per heavy atom. The van der Waals surface area contributed by atoms with Crippen LogP contribution >= 0.6 is 0 Å². The van der Waals surface area contributed by atoms with E-state index >= 15 is 0 Å². The molecule has 0 aromatic carbocycles. The highest BCUT2D eigenvalue weighted by Gasteiger charge is 2.26. The third-order valence-electron chi connectivity index (χ3n) is 2.55. The van der Waals surface area contributed by atoms with Crippen LogP contribution in [0.1, 0.15) is 26.7 Å². The molecule has 0 aromatic heterocycles. The van der Waals surface area contributed by atoms with Crippen LogP contribution in [0.5, 0.6) is 0 Å². The van der Waals surface area contributed by atoms with Gasteiger partial charge in [0.1, 0.15) is 15.9 Å². The Labute approximate surface area is 113 Å². The van der Waals surface area contributed by atoms with Gasteiger partial charge in [0.2, 0.25) is 5.91 Å². The lowest BCUT2D eigenvalue weighted by molar-refractivity contribution is -0.142. The second kappa shape index (κ2) is 6.85. The lowest BCUT2D eigenvalue weighted by Crippen LogP contribution is -2.44. The lowest BCUT2D eigenvalue weighted by Gasteiger charge is -2.23. The van der Waals surface area contributed by atoms with Gasteiger partial charge >= 0.3 is 5.97 Å². The predicted octanol–water partition coefficient (Wildman–Crippen LogP) is -0.194. The molecule has 0 aliphatic heterocycles. The summed E-state index contributed by atoms with van der Waals surface area (Å²) < 4.78 is 27.0. The van der Waals surface area contributed by atoms with E-state index in [0.717, 1.165) is 6.26 Å². The van der Waals surface area contributed by atoms with Crippen LogP contribution < -0.4 is 5.32 Å². The fraction of sp³-hybridized carbons (Fsp3) is 0.818. The fourth-order valence-electron chi connectivity index (χ4n) is 1.29. The van der Waals surface area contributed by atoms with E-state index in [-0.39, 0.29) is 18.6 Å². The molecule has 0 saturated heterocycles. The molecule has 1 atom stereocenters. The summed E-state index contributed by atoms with van der Waals surface area (Å²) in [5.74, 6) is -2.04. The van der Waals surface area contributed by atoms with E-state index in [1.54, 1.807) is 13.8 Å².